The number of hydrogen-bond acceptors (Lipinski definition) is 0. The minimum atomic E-state index is 1.05. The zero-order valence-corrected chi connectivity index (χ0v) is 16.3. The molecule has 0 radical (unpaired) electrons. The van der Waals surface area contributed by atoms with E-state index in [1.165, 1.54) is 49.0 Å². The van der Waals surface area contributed by atoms with Crippen LogP contribution >= 0.6 is 0 Å². The summed E-state index contributed by atoms with van der Waals surface area (Å²) in [4.78, 5) is 0. The van der Waals surface area contributed by atoms with Gasteiger partial charge in [-0.1, -0.05) is 61.7 Å². The van der Waals surface area contributed by atoms with E-state index in [0.717, 1.165) is 10.6 Å². The molecule has 3 heterocycles. The van der Waals surface area contributed by atoms with Gasteiger partial charge in [0.15, 0.2) is 0 Å². The molecule has 2 nitrogen and oxygen atoms in total. The fraction of sp³-hybridized carbons (Fsp3) is 0.0370. The standard InChI is InChI=1S/C27H20N2/c1-4-9-23-17(2)22-14-18-15-27-21-12-6-5-10-19(21)20-11-7-8-13-24(20)29(27)25(18)16-26(22)28(23)3/h4-16H,1-2H2,3H3/b23-9+. The summed E-state index contributed by atoms with van der Waals surface area (Å²) >= 11 is 0. The molecule has 0 saturated carbocycles. The zero-order valence-electron chi connectivity index (χ0n) is 16.3. The van der Waals surface area contributed by atoms with Crippen LogP contribution in [0.25, 0.3) is 61.7 Å². The summed E-state index contributed by atoms with van der Waals surface area (Å²) in [5.41, 5.74) is 4.89. The van der Waals surface area contributed by atoms with Crippen LogP contribution in [0.15, 0.2) is 79.4 Å². The second kappa shape index (κ2) is 5.62. The van der Waals surface area contributed by atoms with Crippen molar-refractivity contribution in [3.05, 3.63) is 90.0 Å². The number of allylic oxidation sites excluding steroid dienone is 1. The van der Waals surface area contributed by atoms with Crippen LogP contribution in [-0.4, -0.2) is 8.97 Å². The Hall–Kier alpha value is -3.78. The minimum Gasteiger partial charge on any atom is -0.344 e. The highest BCUT2D eigenvalue weighted by Crippen LogP contribution is 2.34. The quantitative estimate of drug-likeness (QED) is 0.348. The van der Waals surface area contributed by atoms with E-state index in [1.54, 1.807) is 0 Å². The van der Waals surface area contributed by atoms with Crippen LogP contribution < -0.4 is 10.6 Å². The molecular weight excluding hydrogens is 352 g/mol. The van der Waals surface area contributed by atoms with Crippen molar-refractivity contribution in [1.82, 2.24) is 8.97 Å². The van der Waals surface area contributed by atoms with Crippen LogP contribution in [0.4, 0.5) is 0 Å². The Kier molecular flexibility index (Phi) is 3.14. The number of hydrogen-bond donors (Lipinski definition) is 0. The van der Waals surface area contributed by atoms with Crippen molar-refractivity contribution >= 4 is 61.7 Å². The van der Waals surface area contributed by atoms with E-state index in [1.807, 2.05) is 12.2 Å². The molecule has 0 N–H and O–H groups in total. The van der Waals surface area contributed by atoms with Crippen LogP contribution in [0, 0.1) is 0 Å². The van der Waals surface area contributed by atoms with E-state index in [0.29, 0.717) is 0 Å². The number of rotatable bonds is 1. The number of aromatic nitrogens is 2. The van der Waals surface area contributed by atoms with Gasteiger partial charge in [-0.2, -0.15) is 0 Å². The Labute approximate surface area is 167 Å². The molecule has 0 atom stereocenters. The summed E-state index contributed by atoms with van der Waals surface area (Å²) in [7, 11) is 2.10. The van der Waals surface area contributed by atoms with Gasteiger partial charge >= 0.3 is 0 Å². The Morgan fingerprint density at radius 3 is 2.17 bits per heavy atom. The lowest BCUT2D eigenvalue weighted by atomic mass is 10.1. The summed E-state index contributed by atoms with van der Waals surface area (Å²) in [5.74, 6) is 0. The van der Waals surface area contributed by atoms with Gasteiger partial charge in [-0.3, -0.25) is 0 Å². The maximum Gasteiger partial charge on any atom is 0.0556 e. The maximum absolute atomic E-state index is 4.34. The monoisotopic (exact) mass is 372 g/mol. The van der Waals surface area contributed by atoms with Gasteiger partial charge in [-0.25, -0.2) is 0 Å². The highest BCUT2D eigenvalue weighted by Gasteiger charge is 2.14. The molecule has 0 bridgehead atoms. The van der Waals surface area contributed by atoms with Crippen LogP contribution in [-0.2, 0) is 7.05 Å². The van der Waals surface area contributed by atoms with E-state index in [-0.39, 0.29) is 0 Å². The molecule has 0 amide bonds. The molecule has 0 aliphatic rings. The summed E-state index contributed by atoms with van der Waals surface area (Å²) in [5, 5.41) is 8.43. The highest BCUT2D eigenvalue weighted by molar-refractivity contribution is 6.16. The molecule has 2 heteroatoms. The van der Waals surface area contributed by atoms with E-state index in [4.69, 9.17) is 0 Å². The zero-order chi connectivity index (χ0) is 19.7. The van der Waals surface area contributed by atoms with Crippen LogP contribution in [0.1, 0.15) is 0 Å². The summed E-state index contributed by atoms with van der Waals surface area (Å²) in [6.45, 7) is 8.20. The lowest BCUT2D eigenvalue weighted by Crippen LogP contribution is -2.25. The Morgan fingerprint density at radius 2 is 1.41 bits per heavy atom. The van der Waals surface area contributed by atoms with Crippen molar-refractivity contribution in [3.63, 3.8) is 0 Å². The van der Waals surface area contributed by atoms with Gasteiger partial charge in [0, 0.05) is 39.2 Å². The number of pyridine rings is 1. The van der Waals surface area contributed by atoms with E-state index >= 15 is 0 Å². The average Bonchev–Trinajstić information content (AvgIpc) is 3.24. The van der Waals surface area contributed by atoms with E-state index in [2.05, 4.69) is 95.9 Å². The molecule has 0 aliphatic carbocycles. The molecule has 3 aromatic heterocycles. The second-order valence-corrected chi connectivity index (χ2v) is 7.68. The summed E-state index contributed by atoms with van der Waals surface area (Å²) < 4.78 is 4.61. The van der Waals surface area contributed by atoms with Gasteiger partial charge in [0.1, 0.15) is 0 Å². The highest BCUT2D eigenvalue weighted by atomic mass is 14.9. The average molecular weight is 372 g/mol. The third-order valence-corrected chi connectivity index (χ3v) is 6.19. The molecule has 0 spiro atoms. The predicted molar refractivity (Wildman–Crippen MR) is 126 cm³/mol. The second-order valence-electron chi connectivity index (χ2n) is 7.68. The van der Waals surface area contributed by atoms with Gasteiger partial charge in [-0.05, 0) is 35.7 Å². The maximum atomic E-state index is 4.34. The van der Waals surface area contributed by atoms with Crippen LogP contribution in [0.3, 0.4) is 0 Å². The summed E-state index contributed by atoms with van der Waals surface area (Å²) in [6, 6.07) is 24.2. The molecule has 6 rings (SSSR count). The Balaban J connectivity index is 1.93. The van der Waals surface area contributed by atoms with Crippen molar-refractivity contribution in [3.8, 4) is 0 Å². The SMILES string of the molecule is C=C/C=c1\c(=C)c2cc3cc4c5ccccc5c5ccccc5n4c3cc2n1C. The van der Waals surface area contributed by atoms with Gasteiger partial charge in [0.25, 0.3) is 0 Å². The number of aryl methyl sites for hydroxylation is 1. The first kappa shape index (κ1) is 16.2. The smallest absolute Gasteiger partial charge is 0.0556 e. The fourth-order valence-corrected chi connectivity index (χ4v) is 4.85. The summed E-state index contributed by atoms with van der Waals surface area (Å²) in [6.07, 6.45) is 3.85. The van der Waals surface area contributed by atoms with E-state index in [9.17, 15) is 0 Å². The minimum absolute atomic E-state index is 1.05. The molecule has 0 aliphatic heterocycles. The van der Waals surface area contributed by atoms with Crippen molar-refractivity contribution in [2.75, 3.05) is 0 Å². The predicted octanol–water partition coefficient (Wildman–Crippen LogP) is 5.27. The third-order valence-electron chi connectivity index (χ3n) is 6.19. The number of benzene rings is 3. The van der Waals surface area contributed by atoms with Crippen molar-refractivity contribution in [2.24, 2.45) is 7.05 Å². The third kappa shape index (κ3) is 2.01. The molecule has 3 aromatic carbocycles. The van der Waals surface area contributed by atoms with Gasteiger partial charge in [0.05, 0.1) is 22.1 Å². The Bertz CT molecular complexity index is 1740. The normalized spacial score (nSPS) is 12.8. The first-order valence-electron chi connectivity index (χ1n) is 9.84. The van der Waals surface area contributed by atoms with Crippen LogP contribution in [0.5, 0.6) is 0 Å². The lowest BCUT2D eigenvalue weighted by molar-refractivity contribution is 0.926. The molecule has 138 valence electrons. The number of para-hydroxylation sites is 1. The number of nitrogens with zero attached hydrogens (tertiary/aromatic N) is 2. The molecular formula is C27H20N2. The molecule has 0 unspecified atom stereocenters. The van der Waals surface area contributed by atoms with Crippen LogP contribution in [0.2, 0.25) is 0 Å². The molecule has 29 heavy (non-hydrogen) atoms. The Morgan fingerprint density at radius 1 is 0.724 bits per heavy atom. The molecule has 6 aromatic rings. The van der Waals surface area contributed by atoms with Crippen molar-refractivity contribution in [2.45, 2.75) is 0 Å². The van der Waals surface area contributed by atoms with Gasteiger partial charge in [0.2, 0.25) is 0 Å². The van der Waals surface area contributed by atoms with Gasteiger partial charge < -0.3 is 8.97 Å². The van der Waals surface area contributed by atoms with Crippen molar-refractivity contribution < 1.29 is 0 Å². The van der Waals surface area contributed by atoms with Gasteiger partial charge in [-0.15, -0.1) is 0 Å². The first-order chi connectivity index (χ1) is 14.2. The van der Waals surface area contributed by atoms with E-state index < -0.39 is 0 Å². The number of fused-ring (bicyclic) bond motifs is 9. The topological polar surface area (TPSA) is 9.34 Å². The molecule has 0 fully saturated rings. The largest absolute Gasteiger partial charge is 0.344 e. The fourth-order valence-electron chi connectivity index (χ4n) is 4.85. The first-order valence-corrected chi connectivity index (χ1v) is 9.84. The van der Waals surface area contributed by atoms with Crippen molar-refractivity contribution in [1.29, 1.82) is 0 Å². The molecule has 0 saturated heterocycles. The lowest BCUT2D eigenvalue weighted by Gasteiger charge is -2.10.